The molecule has 112 valence electrons. The van der Waals surface area contributed by atoms with Gasteiger partial charge >= 0.3 is 0 Å². The highest BCUT2D eigenvalue weighted by Crippen LogP contribution is 2.47. The molecule has 0 aromatic heterocycles. The summed E-state index contributed by atoms with van der Waals surface area (Å²) in [7, 11) is 0. The second-order valence-corrected chi connectivity index (χ2v) is 7.32. The number of nitrogens with one attached hydrogen (secondary N) is 1. The number of benzene rings is 1. The predicted octanol–water partition coefficient (Wildman–Crippen LogP) is 2.87. The molecule has 4 nitrogen and oxygen atoms in total. The first-order valence-corrected chi connectivity index (χ1v) is 7.99. The SMILES string of the molecule is C[C@]12CCC(=O)N1[C@@H](C(=O)Nc1ccc(Cl)cc1F)CS2. The van der Waals surface area contributed by atoms with Crippen LogP contribution in [0.15, 0.2) is 18.2 Å². The highest BCUT2D eigenvalue weighted by Gasteiger charge is 2.52. The fraction of sp³-hybridized carbons (Fsp3) is 0.429. The van der Waals surface area contributed by atoms with E-state index < -0.39 is 11.9 Å². The van der Waals surface area contributed by atoms with Gasteiger partial charge in [0, 0.05) is 17.2 Å². The number of hydrogen-bond acceptors (Lipinski definition) is 3. The van der Waals surface area contributed by atoms with Crippen molar-refractivity contribution in [2.45, 2.75) is 30.7 Å². The Morgan fingerprint density at radius 3 is 3.05 bits per heavy atom. The molecule has 1 N–H and O–H groups in total. The Balaban J connectivity index is 1.78. The van der Waals surface area contributed by atoms with Crippen molar-refractivity contribution >= 4 is 40.9 Å². The summed E-state index contributed by atoms with van der Waals surface area (Å²) in [6, 6.07) is 3.52. The zero-order valence-corrected chi connectivity index (χ0v) is 12.9. The summed E-state index contributed by atoms with van der Waals surface area (Å²) in [5, 5.41) is 2.82. The number of hydrogen-bond donors (Lipinski definition) is 1. The van der Waals surface area contributed by atoms with Crippen molar-refractivity contribution in [1.82, 2.24) is 4.90 Å². The van der Waals surface area contributed by atoms with E-state index in [4.69, 9.17) is 11.6 Å². The lowest BCUT2D eigenvalue weighted by Crippen LogP contribution is -2.48. The van der Waals surface area contributed by atoms with Crippen LogP contribution in [-0.4, -0.2) is 33.4 Å². The second-order valence-electron chi connectivity index (χ2n) is 5.38. The van der Waals surface area contributed by atoms with Crippen LogP contribution >= 0.6 is 23.4 Å². The lowest BCUT2D eigenvalue weighted by molar-refractivity contribution is -0.135. The van der Waals surface area contributed by atoms with Crippen molar-refractivity contribution < 1.29 is 14.0 Å². The zero-order chi connectivity index (χ0) is 15.2. The van der Waals surface area contributed by atoms with Gasteiger partial charge in [0.1, 0.15) is 11.9 Å². The first-order chi connectivity index (χ1) is 9.90. The molecule has 2 aliphatic rings. The molecular weight excluding hydrogens is 315 g/mol. The van der Waals surface area contributed by atoms with Gasteiger partial charge in [0.15, 0.2) is 0 Å². The summed E-state index contributed by atoms with van der Waals surface area (Å²) in [6.45, 7) is 1.97. The zero-order valence-electron chi connectivity index (χ0n) is 11.4. The minimum Gasteiger partial charge on any atom is -0.322 e. The number of thioether (sulfide) groups is 1. The van der Waals surface area contributed by atoms with Gasteiger partial charge in [-0.1, -0.05) is 11.6 Å². The van der Waals surface area contributed by atoms with Gasteiger partial charge in [-0.15, -0.1) is 11.8 Å². The molecule has 0 radical (unpaired) electrons. The molecule has 0 unspecified atom stereocenters. The van der Waals surface area contributed by atoms with Gasteiger partial charge in [-0.25, -0.2) is 4.39 Å². The smallest absolute Gasteiger partial charge is 0.248 e. The minimum absolute atomic E-state index is 0.0146. The molecule has 2 atom stereocenters. The highest BCUT2D eigenvalue weighted by atomic mass is 35.5. The van der Waals surface area contributed by atoms with Crippen LogP contribution in [-0.2, 0) is 9.59 Å². The van der Waals surface area contributed by atoms with Gasteiger partial charge in [-0.3, -0.25) is 9.59 Å². The average Bonchev–Trinajstić information content (AvgIpc) is 2.90. The summed E-state index contributed by atoms with van der Waals surface area (Å²) in [5.41, 5.74) is 0.0784. The van der Waals surface area contributed by atoms with E-state index >= 15 is 0 Å². The fourth-order valence-electron chi connectivity index (χ4n) is 2.82. The Hall–Kier alpha value is -1.27. The summed E-state index contributed by atoms with van der Waals surface area (Å²) < 4.78 is 13.7. The van der Waals surface area contributed by atoms with Crippen LogP contribution in [0.25, 0.3) is 0 Å². The number of fused-ring (bicyclic) bond motifs is 1. The molecule has 2 aliphatic heterocycles. The Morgan fingerprint density at radius 1 is 1.57 bits per heavy atom. The van der Waals surface area contributed by atoms with E-state index in [1.807, 2.05) is 6.92 Å². The molecular formula is C14H14ClFN2O2S. The van der Waals surface area contributed by atoms with Crippen LogP contribution in [0.4, 0.5) is 10.1 Å². The topological polar surface area (TPSA) is 49.4 Å². The van der Waals surface area contributed by atoms with Crippen LogP contribution in [0, 0.1) is 5.82 Å². The molecule has 21 heavy (non-hydrogen) atoms. The van der Waals surface area contributed by atoms with Crippen LogP contribution in [0.5, 0.6) is 0 Å². The predicted molar refractivity (Wildman–Crippen MR) is 80.8 cm³/mol. The first-order valence-electron chi connectivity index (χ1n) is 6.63. The van der Waals surface area contributed by atoms with Crippen molar-refractivity contribution in [3.8, 4) is 0 Å². The third-order valence-corrected chi connectivity index (χ3v) is 5.68. The molecule has 2 fully saturated rings. The van der Waals surface area contributed by atoms with Gasteiger partial charge in [-0.2, -0.15) is 0 Å². The monoisotopic (exact) mass is 328 g/mol. The fourth-order valence-corrected chi connectivity index (χ4v) is 4.41. The molecule has 1 aromatic carbocycles. The molecule has 0 spiro atoms. The van der Waals surface area contributed by atoms with Crippen molar-refractivity contribution in [2.24, 2.45) is 0 Å². The van der Waals surface area contributed by atoms with E-state index in [0.717, 1.165) is 12.5 Å². The maximum Gasteiger partial charge on any atom is 0.248 e. The van der Waals surface area contributed by atoms with Gasteiger partial charge in [-0.05, 0) is 31.5 Å². The van der Waals surface area contributed by atoms with E-state index in [1.54, 1.807) is 16.7 Å². The summed E-state index contributed by atoms with van der Waals surface area (Å²) >= 11 is 7.28. The second kappa shape index (κ2) is 5.18. The molecule has 2 saturated heterocycles. The van der Waals surface area contributed by atoms with E-state index in [-0.39, 0.29) is 27.4 Å². The van der Waals surface area contributed by atoms with Crippen molar-refractivity contribution in [3.05, 3.63) is 29.0 Å². The van der Waals surface area contributed by atoms with E-state index in [2.05, 4.69) is 5.32 Å². The van der Waals surface area contributed by atoms with Gasteiger partial charge in [0.05, 0.1) is 10.6 Å². The average molecular weight is 329 g/mol. The van der Waals surface area contributed by atoms with Crippen molar-refractivity contribution in [3.63, 3.8) is 0 Å². The lowest BCUT2D eigenvalue weighted by Gasteiger charge is -2.29. The maximum absolute atomic E-state index is 13.7. The highest BCUT2D eigenvalue weighted by molar-refractivity contribution is 8.01. The Labute approximate surface area is 131 Å². The van der Waals surface area contributed by atoms with Crippen molar-refractivity contribution in [2.75, 3.05) is 11.1 Å². The molecule has 0 aliphatic carbocycles. The summed E-state index contributed by atoms with van der Waals surface area (Å²) in [4.78, 5) is 25.7. The Bertz CT molecular complexity index is 627. The maximum atomic E-state index is 13.7. The molecule has 2 amide bonds. The minimum atomic E-state index is -0.586. The number of rotatable bonds is 2. The van der Waals surface area contributed by atoms with Gasteiger partial charge < -0.3 is 10.2 Å². The van der Waals surface area contributed by atoms with Gasteiger partial charge in [0.2, 0.25) is 11.8 Å². The number of carbonyl (C=O) groups excluding carboxylic acids is 2. The molecule has 3 rings (SSSR count). The van der Waals surface area contributed by atoms with E-state index in [0.29, 0.717) is 12.2 Å². The Morgan fingerprint density at radius 2 is 2.33 bits per heavy atom. The van der Waals surface area contributed by atoms with Crippen LogP contribution in [0.1, 0.15) is 19.8 Å². The van der Waals surface area contributed by atoms with E-state index in [1.165, 1.54) is 12.1 Å². The van der Waals surface area contributed by atoms with Gasteiger partial charge in [0.25, 0.3) is 0 Å². The number of anilines is 1. The molecule has 1 aromatic rings. The number of amides is 2. The third-order valence-electron chi connectivity index (χ3n) is 3.94. The first kappa shape index (κ1) is 14.7. The number of halogens is 2. The largest absolute Gasteiger partial charge is 0.322 e. The molecule has 0 saturated carbocycles. The Kier molecular flexibility index (Phi) is 3.61. The van der Waals surface area contributed by atoms with Crippen LogP contribution in [0.3, 0.4) is 0 Å². The van der Waals surface area contributed by atoms with Crippen LogP contribution < -0.4 is 5.32 Å². The lowest BCUT2D eigenvalue weighted by atomic mass is 10.2. The quantitative estimate of drug-likeness (QED) is 0.908. The standard InChI is InChI=1S/C14H14ClFN2O2S/c1-14-5-4-12(19)18(14)11(7-21-14)13(20)17-10-3-2-8(15)6-9(10)16/h2-3,6,11H,4-5,7H2,1H3,(H,17,20)/t11-,14+/m1/s1. The van der Waals surface area contributed by atoms with Crippen LogP contribution in [0.2, 0.25) is 5.02 Å². The molecule has 7 heteroatoms. The summed E-state index contributed by atoms with van der Waals surface area (Å²) in [5.74, 6) is -0.428. The van der Waals surface area contributed by atoms with Crippen molar-refractivity contribution in [1.29, 1.82) is 0 Å². The molecule has 2 heterocycles. The third kappa shape index (κ3) is 2.51. The number of nitrogens with zero attached hydrogens (tertiary/aromatic N) is 1. The van der Waals surface area contributed by atoms with E-state index in [9.17, 15) is 14.0 Å². The molecule has 0 bridgehead atoms. The normalized spacial score (nSPS) is 27.9. The number of carbonyl (C=O) groups is 2. The summed E-state index contributed by atoms with van der Waals surface area (Å²) in [6.07, 6.45) is 1.21.